The summed E-state index contributed by atoms with van der Waals surface area (Å²) in [5.74, 6) is -0.349. The van der Waals surface area contributed by atoms with Crippen molar-refractivity contribution < 1.29 is 19.1 Å². The molecule has 1 saturated heterocycles. The highest BCUT2D eigenvalue weighted by Crippen LogP contribution is 2.28. The Bertz CT molecular complexity index is 1250. The summed E-state index contributed by atoms with van der Waals surface area (Å²) in [5, 5.41) is 1.17. The van der Waals surface area contributed by atoms with Crippen molar-refractivity contribution in [1.29, 1.82) is 0 Å². The summed E-state index contributed by atoms with van der Waals surface area (Å²) in [6.45, 7) is 2.67. The first-order valence-electron chi connectivity index (χ1n) is 11.7. The summed E-state index contributed by atoms with van der Waals surface area (Å²) in [6.07, 6.45) is 0.510. The van der Waals surface area contributed by atoms with Crippen LogP contribution < -0.4 is 9.64 Å². The van der Waals surface area contributed by atoms with Gasteiger partial charge in [-0.2, -0.15) is 0 Å². The Morgan fingerprint density at radius 2 is 1.69 bits per heavy atom. The van der Waals surface area contributed by atoms with Crippen molar-refractivity contribution in [2.24, 2.45) is 0 Å². The maximum atomic E-state index is 13.5. The van der Waals surface area contributed by atoms with Crippen LogP contribution >= 0.6 is 23.2 Å². The Hall–Kier alpha value is -3.35. The number of ether oxygens (including phenoxy) is 1. The third kappa shape index (κ3) is 6.07. The van der Waals surface area contributed by atoms with E-state index in [0.29, 0.717) is 34.5 Å². The Morgan fingerprint density at radius 1 is 0.972 bits per heavy atom. The Morgan fingerprint density at radius 3 is 2.36 bits per heavy atom. The minimum Gasteiger partial charge on any atom is -0.494 e. The first-order chi connectivity index (χ1) is 17.4. The highest BCUT2D eigenvalue weighted by molar-refractivity contribution is 6.30. The molecule has 1 fully saturated rings. The van der Waals surface area contributed by atoms with Gasteiger partial charge in [0.15, 0.2) is 0 Å². The van der Waals surface area contributed by atoms with Crippen LogP contribution in [0.5, 0.6) is 5.75 Å². The molecule has 1 aliphatic heterocycles. The first-order valence-corrected chi connectivity index (χ1v) is 12.5. The molecule has 6 nitrogen and oxygen atoms in total. The second-order valence-electron chi connectivity index (χ2n) is 8.48. The van der Waals surface area contributed by atoms with Crippen molar-refractivity contribution in [2.75, 3.05) is 18.1 Å². The fraction of sp³-hybridized carbons (Fsp3) is 0.250. The van der Waals surface area contributed by atoms with E-state index in [2.05, 4.69) is 0 Å². The van der Waals surface area contributed by atoms with E-state index in [0.717, 1.165) is 16.0 Å². The number of carbonyl (C=O) groups is 3. The van der Waals surface area contributed by atoms with Crippen molar-refractivity contribution >= 4 is 46.6 Å². The van der Waals surface area contributed by atoms with Gasteiger partial charge >= 0.3 is 0 Å². The molecule has 1 unspecified atom stereocenters. The third-order valence-electron chi connectivity index (χ3n) is 6.02. The van der Waals surface area contributed by atoms with E-state index in [9.17, 15) is 14.4 Å². The molecule has 4 rings (SSSR count). The van der Waals surface area contributed by atoms with Gasteiger partial charge in [-0.15, -0.1) is 0 Å². The van der Waals surface area contributed by atoms with Crippen molar-refractivity contribution in [1.82, 2.24) is 4.90 Å². The van der Waals surface area contributed by atoms with E-state index in [1.165, 1.54) is 4.90 Å². The molecule has 36 heavy (non-hydrogen) atoms. The third-order valence-corrected chi connectivity index (χ3v) is 6.51. The number of benzene rings is 3. The molecule has 0 saturated carbocycles. The van der Waals surface area contributed by atoms with Crippen LogP contribution in [0.4, 0.5) is 5.69 Å². The van der Waals surface area contributed by atoms with Crippen molar-refractivity contribution in [3.63, 3.8) is 0 Å². The normalized spacial score (nSPS) is 15.3. The number of halogens is 2. The molecule has 186 valence electrons. The zero-order valence-electron chi connectivity index (χ0n) is 19.8. The monoisotopic (exact) mass is 524 g/mol. The van der Waals surface area contributed by atoms with Gasteiger partial charge in [0, 0.05) is 16.6 Å². The number of amides is 3. The summed E-state index contributed by atoms with van der Waals surface area (Å²) in [4.78, 5) is 42.6. The largest absolute Gasteiger partial charge is 0.494 e. The lowest BCUT2D eigenvalue weighted by Gasteiger charge is -2.28. The molecule has 0 bridgehead atoms. The van der Waals surface area contributed by atoms with Crippen LogP contribution in [-0.2, 0) is 27.2 Å². The second kappa shape index (κ2) is 11.6. The number of imide groups is 1. The molecule has 1 atom stereocenters. The van der Waals surface area contributed by atoms with Gasteiger partial charge in [-0.1, -0.05) is 47.5 Å². The van der Waals surface area contributed by atoms with Gasteiger partial charge in [0.2, 0.25) is 11.8 Å². The zero-order valence-corrected chi connectivity index (χ0v) is 21.3. The number of hydrogen-bond donors (Lipinski definition) is 0. The number of anilines is 1. The summed E-state index contributed by atoms with van der Waals surface area (Å²) in [7, 11) is 0. The van der Waals surface area contributed by atoms with Crippen molar-refractivity contribution in [2.45, 2.75) is 32.2 Å². The topological polar surface area (TPSA) is 66.9 Å². The molecule has 3 aromatic carbocycles. The number of nitrogens with zero attached hydrogens (tertiary/aromatic N) is 2. The van der Waals surface area contributed by atoms with Gasteiger partial charge in [-0.3, -0.25) is 14.4 Å². The smallest absolute Gasteiger partial charge is 0.257 e. The Kier molecular flexibility index (Phi) is 8.28. The number of carbonyl (C=O) groups excluding carboxylic acids is 3. The Balaban J connectivity index is 1.57. The standard InChI is InChI=1S/C28H26Cl2N2O4/c1-2-36-24-12-10-23(11-13-24)32-27(34)18-25(28(32)35)31(15-14-19-4-3-5-22(30)16-19)26(33)17-20-6-8-21(29)9-7-20/h3-13,16,25H,2,14-15,17-18H2,1H3. The molecular formula is C28H26Cl2N2O4. The highest BCUT2D eigenvalue weighted by atomic mass is 35.5. The molecule has 1 aliphatic rings. The highest BCUT2D eigenvalue weighted by Gasteiger charge is 2.44. The second-order valence-corrected chi connectivity index (χ2v) is 9.36. The van der Waals surface area contributed by atoms with Crippen molar-refractivity contribution in [3.8, 4) is 5.75 Å². The summed E-state index contributed by atoms with van der Waals surface area (Å²) in [5.41, 5.74) is 2.17. The molecule has 0 radical (unpaired) electrons. The van der Waals surface area contributed by atoms with Crippen LogP contribution in [0.1, 0.15) is 24.5 Å². The average molecular weight is 525 g/mol. The van der Waals surface area contributed by atoms with Crippen LogP contribution in [-0.4, -0.2) is 41.8 Å². The predicted octanol–water partition coefficient (Wildman–Crippen LogP) is 5.34. The van der Waals surface area contributed by atoms with E-state index in [1.54, 1.807) is 54.6 Å². The zero-order chi connectivity index (χ0) is 25.7. The number of hydrogen-bond acceptors (Lipinski definition) is 4. The van der Waals surface area contributed by atoms with Gasteiger partial charge in [0.1, 0.15) is 11.8 Å². The molecule has 1 heterocycles. The van der Waals surface area contributed by atoms with Crippen LogP contribution in [0.25, 0.3) is 0 Å². The lowest BCUT2D eigenvalue weighted by Crippen LogP contribution is -2.47. The quantitative estimate of drug-likeness (QED) is 0.354. The summed E-state index contributed by atoms with van der Waals surface area (Å²) in [6, 6.07) is 20.3. The molecular weight excluding hydrogens is 499 g/mol. The lowest BCUT2D eigenvalue weighted by molar-refractivity contribution is -0.137. The molecule has 8 heteroatoms. The van der Waals surface area contributed by atoms with Crippen LogP contribution in [0.2, 0.25) is 10.0 Å². The van der Waals surface area contributed by atoms with E-state index in [-0.39, 0.29) is 31.2 Å². The van der Waals surface area contributed by atoms with Gasteiger partial charge in [-0.05, 0) is 73.0 Å². The van der Waals surface area contributed by atoms with Gasteiger partial charge in [0.25, 0.3) is 5.91 Å². The van der Waals surface area contributed by atoms with E-state index >= 15 is 0 Å². The van der Waals surface area contributed by atoms with Crippen LogP contribution in [0.15, 0.2) is 72.8 Å². The SMILES string of the molecule is CCOc1ccc(N2C(=O)CC(N(CCc3cccc(Cl)c3)C(=O)Cc3ccc(Cl)cc3)C2=O)cc1. The Labute approximate surface area is 220 Å². The fourth-order valence-electron chi connectivity index (χ4n) is 4.26. The van der Waals surface area contributed by atoms with E-state index in [4.69, 9.17) is 27.9 Å². The van der Waals surface area contributed by atoms with Gasteiger partial charge in [-0.25, -0.2) is 4.90 Å². The maximum Gasteiger partial charge on any atom is 0.257 e. The summed E-state index contributed by atoms with van der Waals surface area (Å²) >= 11 is 12.1. The molecule has 0 N–H and O–H groups in total. The molecule has 3 amide bonds. The van der Waals surface area contributed by atoms with Gasteiger partial charge in [0.05, 0.1) is 25.1 Å². The van der Waals surface area contributed by atoms with E-state index < -0.39 is 11.9 Å². The molecule has 0 aliphatic carbocycles. The van der Waals surface area contributed by atoms with E-state index in [1.807, 2.05) is 25.1 Å². The molecule has 0 aromatic heterocycles. The predicted molar refractivity (Wildman–Crippen MR) is 141 cm³/mol. The fourth-order valence-corrected chi connectivity index (χ4v) is 4.60. The number of rotatable bonds is 9. The van der Waals surface area contributed by atoms with Crippen molar-refractivity contribution in [3.05, 3.63) is 94.0 Å². The van der Waals surface area contributed by atoms with Crippen LogP contribution in [0.3, 0.4) is 0 Å². The maximum absolute atomic E-state index is 13.5. The minimum atomic E-state index is -0.886. The molecule has 0 spiro atoms. The van der Waals surface area contributed by atoms with Crippen LogP contribution in [0, 0.1) is 0 Å². The lowest BCUT2D eigenvalue weighted by atomic mass is 10.1. The molecule has 3 aromatic rings. The van der Waals surface area contributed by atoms with Gasteiger partial charge < -0.3 is 9.64 Å². The minimum absolute atomic E-state index is 0.0754. The average Bonchev–Trinajstić information content (AvgIpc) is 3.15. The summed E-state index contributed by atoms with van der Waals surface area (Å²) < 4.78 is 5.46. The first kappa shape index (κ1) is 25.7.